The molecule has 136 valence electrons. The van der Waals surface area contributed by atoms with Gasteiger partial charge in [0.1, 0.15) is 12.1 Å². The molecule has 0 bridgehead atoms. The summed E-state index contributed by atoms with van der Waals surface area (Å²) in [6.45, 7) is 5.46. The van der Waals surface area contributed by atoms with E-state index in [9.17, 15) is 0 Å². The van der Waals surface area contributed by atoms with Crippen molar-refractivity contribution in [1.82, 2.24) is 20.2 Å². The topological polar surface area (TPSA) is 62.8 Å². The number of methoxy groups -OCH3 is 1. The van der Waals surface area contributed by atoms with Gasteiger partial charge in [0.2, 0.25) is 0 Å². The second-order valence-electron chi connectivity index (χ2n) is 6.46. The number of ether oxygens (including phenoxy) is 2. The van der Waals surface area contributed by atoms with E-state index >= 15 is 0 Å². The number of aromatic nitrogens is 2. The number of rotatable bonds is 7. The Morgan fingerprint density at radius 3 is 2.68 bits per heavy atom. The fourth-order valence-electron chi connectivity index (χ4n) is 3.01. The van der Waals surface area contributed by atoms with E-state index in [1.54, 1.807) is 13.4 Å². The normalized spacial score (nSPS) is 15.0. The summed E-state index contributed by atoms with van der Waals surface area (Å²) in [5, 5.41) is 4.37. The van der Waals surface area contributed by atoms with E-state index in [4.69, 9.17) is 9.47 Å². The molecule has 0 spiro atoms. The fraction of sp³-hybridized carbons (Fsp3) is 0.556. The summed E-state index contributed by atoms with van der Waals surface area (Å²) in [6.07, 6.45) is 2.59. The maximum Gasteiger partial charge on any atom is 0.163 e. The molecule has 1 aliphatic heterocycles. The molecule has 0 amide bonds. The first-order chi connectivity index (χ1) is 12.2. The minimum Gasteiger partial charge on any atom is -0.493 e. The van der Waals surface area contributed by atoms with Crippen LogP contribution in [0.1, 0.15) is 6.42 Å². The van der Waals surface area contributed by atoms with E-state index < -0.39 is 0 Å². The zero-order chi connectivity index (χ0) is 17.6. The maximum absolute atomic E-state index is 5.94. The number of piperazine rings is 1. The molecule has 0 radical (unpaired) electrons. The standard InChI is InChI=1S/C18H27N5O2/c1-22(2)7-4-10-25-17-12-15-14(11-16(17)24-3)18(21-13-20-15)23-8-5-19-6-9-23/h11-13,19H,4-10H2,1-3H3. The molecule has 0 unspecified atom stereocenters. The third kappa shape index (κ3) is 4.29. The van der Waals surface area contributed by atoms with Gasteiger partial charge < -0.3 is 24.6 Å². The minimum atomic E-state index is 0.649. The van der Waals surface area contributed by atoms with E-state index in [1.165, 1.54) is 0 Å². The van der Waals surface area contributed by atoms with Crippen molar-refractivity contribution in [2.75, 3.05) is 65.4 Å². The summed E-state index contributed by atoms with van der Waals surface area (Å²) >= 11 is 0. The molecule has 1 N–H and O–H groups in total. The third-order valence-electron chi connectivity index (χ3n) is 4.32. The van der Waals surface area contributed by atoms with Crippen molar-refractivity contribution < 1.29 is 9.47 Å². The molecule has 1 aromatic heterocycles. The molecular weight excluding hydrogens is 318 g/mol. The Labute approximate surface area is 148 Å². The SMILES string of the molecule is COc1cc2c(N3CCNCC3)ncnc2cc1OCCCN(C)C. The highest BCUT2D eigenvalue weighted by atomic mass is 16.5. The molecule has 0 saturated carbocycles. The molecule has 0 atom stereocenters. The number of anilines is 1. The highest BCUT2D eigenvalue weighted by Crippen LogP contribution is 2.35. The predicted octanol–water partition coefficient (Wildman–Crippen LogP) is 1.38. The third-order valence-corrected chi connectivity index (χ3v) is 4.32. The lowest BCUT2D eigenvalue weighted by atomic mass is 10.2. The van der Waals surface area contributed by atoms with Crippen LogP contribution in [0.4, 0.5) is 5.82 Å². The second kappa shape index (κ2) is 8.31. The molecule has 7 nitrogen and oxygen atoms in total. The Morgan fingerprint density at radius 1 is 1.16 bits per heavy atom. The van der Waals surface area contributed by atoms with Crippen molar-refractivity contribution in [3.05, 3.63) is 18.5 Å². The summed E-state index contributed by atoms with van der Waals surface area (Å²) in [4.78, 5) is 13.4. The Morgan fingerprint density at radius 2 is 1.96 bits per heavy atom. The molecule has 1 aliphatic rings. The lowest BCUT2D eigenvalue weighted by Gasteiger charge is -2.29. The van der Waals surface area contributed by atoms with Gasteiger partial charge in [0, 0.05) is 44.2 Å². The molecule has 25 heavy (non-hydrogen) atoms. The van der Waals surface area contributed by atoms with Crippen LogP contribution in [0.15, 0.2) is 18.5 Å². The molecule has 0 aliphatic carbocycles. The first-order valence-electron chi connectivity index (χ1n) is 8.75. The lowest BCUT2D eigenvalue weighted by Crippen LogP contribution is -2.44. The summed E-state index contributed by atoms with van der Waals surface area (Å²) in [6, 6.07) is 3.95. The number of hydrogen-bond acceptors (Lipinski definition) is 7. The van der Waals surface area contributed by atoms with Crippen LogP contribution in [0.3, 0.4) is 0 Å². The first kappa shape index (κ1) is 17.7. The Kier molecular flexibility index (Phi) is 5.88. The van der Waals surface area contributed by atoms with Crippen LogP contribution < -0.4 is 19.7 Å². The molecule has 1 fully saturated rings. The van der Waals surface area contributed by atoms with Gasteiger partial charge >= 0.3 is 0 Å². The van der Waals surface area contributed by atoms with Gasteiger partial charge in [-0.3, -0.25) is 0 Å². The molecule has 2 heterocycles. The molecule has 3 rings (SSSR count). The second-order valence-corrected chi connectivity index (χ2v) is 6.46. The van der Waals surface area contributed by atoms with E-state index in [-0.39, 0.29) is 0 Å². The number of hydrogen-bond donors (Lipinski definition) is 1. The van der Waals surface area contributed by atoms with E-state index in [0.29, 0.717) is 6.61 Å². The van der Waals surface area contributed by atoms with Crippen molar-refractivity contribution in [2.45, 2.75) is 6.42 Å². The van der Waals surface area contributed by atoms with Crippen LogP contribution in [0.2, 0.25) is 0 Å². The fourth-order valence-corrected chi connectivity index (χ4v) is 3.01. The molecule has 1 saturated heterocycles. The highest BCUT2D eigenvalue weighted by Gasteiger charge is 2.17. The van der Waals surface area contributed by atoms with E-state index in [2.05, 4.69) is 39.2 Å². The summed E-state index contributed by atoms with van der Waals surface area (Å²) in [5.74, 6) is 2.42. The first-order valence-corrected chi connectivity index (χ1v) is 8.75. The summed E-state index contributed by atoms with van der Waals surface area (Å²) in [5.41, 5.74) is 0.881. The number of fused-ring (bicyclic) bond motifs is 1. The van der Waals surface area contributed by atoms with Crippen LogP contribution in [0.25, 0.3) is 10.9 Å². The van der Waals surface area contributed by atoms with Gasteiger partial charge in [-0.05, 0) is 26.6 Å². The van der Waals surface area contributed by atoms with Gasteiger partial charge in [-0.25, -0.2) is 9.97 Å². The van der Waals surface area contributed by atoms with Gasteiger partial charge in [-0.2, -0.15) is 0 Å². The number of nitrogens with one attached hydrogen (secondary N) is 1. The molecule has 7 heteroatoms. The minimum absolute atomic E-state index is 0.649. The van der Waals surface area contributed by atoms with E-state index in [0.717, 1.165) is 67.4 Å². The Bertz CT molecular complexity index is 701. The quantitative estimate of drug-likeness (QED) is 0.761. The highest BCUT2D eigenvalue weighted by molar-refractivity contribution is 5.92. The number of nitrogens with zero attached hydrogens (tertiary/aromatic N) is 4. The smallest absolute Gasteiger partial charge is 0.163 e. The summed E-state index contributed by atoms with van der Waals surface area (Å²) < 4.78 is 11.5. The zero-order valence-electron chi connectivity index (χ0n) is 15.3. The van der Waals surface area contributed by atoms with Crippen LogP contribution in [-0.2, 0) is 0 Å². The number of benzene rings is 1. The van der Waals surface area contributed by atoms with Gasteiger partial charge in [0.05, 0.1) is 19.2 Å². The average molecular weight is 345 g/mol. The van der Waals surface area contributed by atoms with Crippen molar-refractivity contribution in [1.29, 1.82) is 0 Å². The van der Waals surface area contributed by atoms with Crippen molar-refractivity contribution in [2.24, 2.45) is 0 Å². The largest absolute Gasteiger partial charge is 0.493 e. The maximum atomic E-state index is 5.94. The Hall–Kier alpha value is -2.12. The van der Waals surface area contributed by atoms with Gasteiger partial charge in [0.25, 0.3) is 0 Å². The molecule has 1 aromatic carbocycles. The Balaban J connectivity index is 1.85. The van der Waals surface area contributed by atoms with Gasteiger partial charge in [-0.1, -0.05) is 0 Å². The summed E-state index contributed by atoms with van der Waals surface area (Å²) in [7, 11) is 5.79. The molecule has 2 aromatic rings. The van der Waals surface area contributed by atoms with Crippen LogP contribution in [0.5, 0.6) is 11.5 Å². The van der Waals surface area contributed by atoms with Crippen molar-refractivity contribution in [3.63, 3.8) is 0 Å². The van der Waals surface area contributed by atoms with Crippen molar-refractivity contribution >= 4 is 16.7 Å². The predicted molar refractivity (Wildman–Crippen MR) is 99.8 cm³/mol. The van der Waals surface area contributed by atoms with Crippen molar-refractivity contribution in [3.8, 4) is 11.5 Å². The monoisotopic (exact) mass is 345 g/mol. The molecular formula is C18H27N5O2. The van der Waals surface area contributed by atoms with Gasteiger partial charge in [0.15, 0.2) is 11.5 Å². The average Bonchev–Trinajstić information content (AvgIpc) is 2.64. The zero-order valence-corrected chi connectivity index (χ0v) is 15.3. The lowest BCUT2D eigenvalue weighted by molar-refractivity contribution is 0.268. The van der Waals surface area contributed by atoms with Crippen LogP contribution in [0, 0.1) is 0 Å². The van der Waals surface area contributed by atoms with Crippen LogP contribution in [-0.4, -0.2) is 75.4 Å². The van der Waals surface area contributed by atoms with E-state index in [1.807, 2.05) is 12.1 Å². The van der Waals surface area contributed by atoms with Crippen LogP contribution >= 0.6 is 0 Å². The van der Waals surface area contributed by atoms with Gasteiger partial charge in [-0.15, -0.1) is 0 Å².